The first-order valence-electron chi connectivity index (χ1n) is 32.1. The summed E-state index contributed by atoms with van der Waals surface area (Å²) in [6.07, 6.45) is 1.64. The van der Waals surface area contributed by atoms with E-state index in [0.717, 1.165) is 54.0 Å². The Kier molecular flexibility index (Phi) is 29.8. The van der Waals surface area contributed by atoms with Crippen LogP contribution in [0, 0.1) is 23.7 Å². The van der Waals surface area contributed by atoms with Crippen LogP contribution < -0.4 is 21.3 Å². The third-order valence-electron chi connectivity index (χ3n) is 17.9. The Morgan fingerprint density at radius 1 is 0.656 bits per heavy atom. The number of halogens is 4. The van der Waals surface area contributed by atoms with E-state index in [-0.39, 0.29) is 88.2 Å². The van der Waals surface area contributed by atoms with E-state index < -0.39 is 144 Å². The topological polar surface area (TPSA) is 259 Å². The highest BCUT2D eigenvalue weighted by molar-refractivity contribution is 6.31. The van der Waals surface area contributed by atoms with Gasteiger partial charge in [0.05, 0.1) is 30.2 Å². The van der Waals surface area contributed by atoms with E-state index in [0.29, 0.717) is 31.2 Å². The zero-order valence-corrected chi connectivity index (χ0v) is 56.0. The van der Waals surface area contributed by atoms with Crippen molar-refractivity contribution in [2.45, 2.75) is 207 Å². The maximum atomic E-state index is 14.7. The lowest BCUT2D eigenvalue weighted by molar-refractivity contribution is -0.149. The van der Waals surface area contributed by atoms with Gasteiger partial charge in [0.2, 0.25) is 65.0 Å². The Morgan fingerprint density at radius 2 is 1.31 bits per heavy atom. The van der Waals surface area contributed by atoms with Gasteiger partial charge in [0.25, 0.3) is 0 Å². The number of hydrogen-bond acceptors (Lipinski definition) is 11. The van der Waals surface area contributed by atoms with Crippen LogP contribution in [0.15, 0.2) is 18.2 Å². The summed E-state index contributed by atoms with van der Waals surface area (Å²) in [5, 5.41) is 10.8. The van der Waals surface area contributed by atoms with Crippen molar-refractivity contribution in [3.63, 3.8) is 0 Å². The standard InChI is InChI=1S/C64H101ClF3N11O11/c1-14-41(7)56-63(90)78(15-2)38-54(83)73(9)37-55(84)76(12)50(35-43-22-17-16-18-23-43)62(89)74(10)36-51(80)71-47(29-27-44-26-28-45(46(65)34-44)64(66,67)68)61(88)79-31-21-24-48(79)58(85)69-30-20-19-25-52(81)77(13)57(40(5)6)60(87)70-42(8)33-53(82)75(11)49(32-39(3)4)59(86)72-56/h26,28,34,39-43,47-50,56-57H,14-25,27,29-33,35-38H2,1-13H3,(H,69,85)(H,70,87)(H,71,80)(H,72,86)/t41-,42+,47-,48-,49-,50-,56-,57-/m0/s1. The minimum absolute atomic E-state index is 0.0206. The third-order valence-corrected chi connectivity index (χ3v) is 18.2. The Morgan fingerprint density at radius 3 is 1.91 bits per heavy atom. The molecule has 1 aromatic carbocycles. The number of amides is 11. The van der Waals surface area contributed by atoms with Gasteiger partial charge in [0, 0.05) is 73.8 Å². The second kappa shape index (κ2) is 35.3. The van der Waals surface area contributed by atoms with Crippen LogP contribution >= 0.6 is 11.6 Å². The number of nitrogens with one attached hydrogen (secondary N) is 4. The van der Waals surface area contributed by atoms with E-state index in [1.54, 1.807) is 34.6 Å². The van der Waals surface area contributed by atoms with Gasteiger partial charge in [0.1, 0.15) is 36.3 Å². The number of likely N-dealkylation sites (N-methyl/N-ethyl adjacent to an activating group) is 6. The lowest BCUT2D eigenvalue weighted by atomic mass is 9.84. The molecule has 1 aromatic rings. The molecule has 2 aliphatic heterocycles. The molecule has 0 radical (unpaired) electrons. The molecule has 3 fully saturated rings. The Hall–Kier alpha value is -6.53. The van der Waals surface area contributed by atoms with Crippen LogP contribution in [0.25, 0.3) is 0 Å². The largest absolute Gasteiger partial charge is 0.417 e. The van der Waals surface area contributed by atoms with Crippen molar-refractivity contribution in [3.05, 3.63) is 34.3 Å². The second-order valence-corrected chi connectivity index (χ2v) is 26.2. The van der Waals surface area contributed by atoms with E-state index >= 15 is 0 Å². The molecule has 1 saturated carbocycles. The van der Waals surface area contributed by atoms with Crippen LogP contribution in [0.5, 0.6) is 0 Å². The molecule has 4 N–H and O–H groups in total. The van der Waals surface area contributed by atoms with Gasteiger partial charge in [-0.05, 0) is 107 Å². The number of aryl methyl sites for hydroxylation is 1. The lowest BCUT2D eigenvalue weighted by Gasteiger charge is -2.35. The quantitative estimate of drug-likeness (QED) is 0.218. The molecule has 3 aliphatic rings. The average Bonchev–Trinajstić information content (AvgIpc) is 1.52. The van der Waals surface area contributed by atoms with Crippen molar-refractivity contribution in [2.75, 3.05) is 74.5 Å². The number of carbonyl (C=O) groups is 11. The maximum absolute atomic E-state index is 14.7. The molecule has 2 heterocycles. The summed E-state index contributed by atoms with van der Waals surface area (Å²) in [5.74, 6) is -6.97. The van der Waals surface area contributed by atoms with Crippen molar-refractivity contribution < 1.29 is 65.9 Å². The minimum atomic E-state index is -4.72. The van der Waals surface area contributed by atoms with Crippen LogP contribution in [0.2, 0.25) is 5.02 Å². The Bertz CT molecular complexity index is 2680. The fourth-order valence-electron chi connectivity index (χ4n) is 12.1. The number of benzene rings is 1. The highest BCUT2D eigenvalue weighted by Gasteiger charge is 2.41. The van der Waals surface area contributed by atoms with Crippen LogP contribution in [-0.2, 0) is 65.3 Å². The van der Waals surface area contributed by atoms with Crippen molar-refractivity contribution in [1.82, 2.24) is 55.6 Å². The molecule has 26 heteroatoms. The van der Waals surface area contributed by atoms with Crippen LogP contribution in [0.3, 0.4) is 0 Å². The predicted octanol–water partition coefficient (Wildman–Crippen LogP) is 5.41. The number of alkyl halides is 3. The number of nitrogens with zero attached hydrogens (tertiary/aromatic N) is 7. The highest BCUT2D eigenvalue weighted by atomic mass is 35.5. The minimum Gasteiger partial charge on any atom is -0.354 e. The SMILES string of the molecule is CC[C@H](C)[C@@H]1NC(=O)[C@H](CC(C)C)N(C)C(=O)C[C@@H](C)NC(=O)[C@H](C(C)C)N(C)C(=O)CCCCNC(=O)[C@@H]2CCCN2C(=O)[C@H](CCc2ccc(C(F)(F)F)c(Cl)c2)NC(=O)CN(C)C(=O)[C@H](CC2CCCCC2)N(C)C(=O)CN(C)C(=O)CN(CC)C1=O. The van der Waals surface area contributed by atoms with Gasteiger partial charge in [-0.1, -0.05) is 97.7 Å². The normalized spacial score (nSPS) is 25.4. The Balaban J connectivity index is 1.71. The summed E-state index contributed by atoms with van der Waals surface area (Å²) >= 11 is 6.07. The van der Waals surface area contributed by atoms with E-state index in [9.17, 15) is 65.9 Å². The lowest BCUT2D eigenvalue weighted by Crippen LogP contribution is -2.58. The number of carbonyl (C=O) groups excluding carboxylic acids is 11. The van der Waals surface area contributed by atoms with Gasteiger partial charge in [-0.3, -0.25) is 52.7 Å². The molecule has 1 aliphatic carbocycles. The van der Waals surface area contributed by atoms with Crippen molar-refractivity contribution in [1.29, 1.82) is 0 Å². The van der Waals surface area contributed by atoms with Crippen LogP contribution in [-0.4, -0.2) is 216 Å². The highest BCUT2D eigenvalue weighted by Crippen LogP contribution is 2.35. The van der Waals surface area contributed by atoms with E-state index in [2.05, 4.69) is 21.3 Å². The third kappa shape index (κ3) is 21.8. The van der Waals surface area contributed by atoms with Crippen molar-refractivity contribution >= 4 is 76.6 Å². The number of hydrogen-bond donors (Lipinski definition) is 4. The molecule has 0 bridgehead atoms. The first-order chi connectivity index (χ1) is 42.2. The molecule has 11 amide bonds. The molecule has 8 atom stereocenters. The molecule has 4 rings (SSSR count). The number of fused-ring (bicyclic) bond motifs is 1. The van der Waals surface area contributed by atoms with E-state index in [1.165, 1.54) is 65.8 Å². The van der Waals surface area contributed by atoms with Gasteiger partial charge in [-0.15, -0.1) is 0 Å². The molecule has 22 nitrogen and oxygen atoms in total. The summed E-state index contributed by atoms with van der Waals surface area (Å²) < 4.78 is 41.0. The zero-order valence-electron chi connectivity index (χ0n) is 55.3. The number of rotatable bonds is 11. The molecule has 506 valence electrons. The first kappa shape index (κ1) is 75.9. The van der Waals surface area contributed by atoms with Crippen molar-refractivity contribution in [3.8, 4) is 0 Å². The second-order valence-electron chi connectivity index (χ2n) is 25.8. The van der Waals surface area contributed by atoms with Gasteiger partial charge in [-0.2, -0.15) is 13.2 Å². The molecular formula is C64H101ClF3N11O11. The molecule has 2 saturated heterocycles. The van der Waals surface area contributed by atoms with Crippen LogP contribution in [0.1, 0.15) is 163 Å². The zero-order chi connectivity index (χ0) is 67.5. The predicted molar refractivity (Wildman–Crippen MR) is 335 cm³/mol. The summed E-state index contributed by atoms with van der Waals surface area (Å²) in [6, 6.07) is -4.02. The van der Waals surface area contributed by atoms with Crippen LogP contribution in [0.4, 0.5) is 13.2 Å². The van der Waals surface area contributed by atoms with Gasteiger partial charge in [-0.25, -0.2) is 0 Å². The van der Waals surface area contributed by atoms with Gasteiger partial charge in [0.15, 0.2) is 0 Å². The summed E-state index contributed by atoms with van der Waals surface area (Å²) in [7, 11) is 7.24. The van der Waals surface area contributed by atoms with Gasteiger partial charge >= 0.3 is 6.18 Å². The molecule has 0 unspecified atom stereocenters. The van der Waals surface area contributed by atoms with E-state index in [4.69, 9.17) is 11.6 Å². The smallest absolute Gasteiger partial charge is 0.354 e. The van der Waals surface area contributed by atoms with Gasteiger partial charge < -0.3 is 55.6 Å². The fourth-order valence-corrected chi connectivity index (χ4v) is 12.4. The summed E-state index contributed by atoms with van der Waals surface area (Å²) in [5.41, 5.74) is -0.717. The summed E-state index contributed by atoms with van der Waals surface area (Å²) in [4.78, 5) is 165. The average molecular weight is 1290 g/mol. The van der Waals surface area contributed by atoms with E-state index in [1.807, 2.05) is 20.8 Å². The monoisotopic (exact) mass is 1290 g/mol. The maximum Gasteiger partial charge on any atom is 0.417 e. The Labute approximate surface area is 535 Å². The molecule has 0 aromatic heterocycles. The summed E-state index contributed by atoms with van der Waals surface area (Å²) in [6.45, 7) is 13.1. The van der Waals surface area contributed by atoms with Crippen molar-refractivity contribution in [2.24, 2.45) is 23.7 Å². The first-order valence-corrected chi connectivity index (χ1v) is 32.5. The molecule has 90 heavy (non-hydrogen) atoms. The fraction of sp³-hybridized carbons (Fsp3) is 0.734. The molecular weight excluding hydrogens is 1190 g/mol. The molecule has 0 spiro atoms.